The number of rotatable bonds is 1. The number of hydrogen-bond acceptors (Lipinski definition) is 2. The zero-order chi connectivity index (χ0) is 11.2. The molecule has 2 aliphatic carbocycles. The lowest BCUT2D eigenvalue weighted by Gasteiger charge is -2.39. The highest BCUT2D eigenvalue weighted by molar-refractivity contribution is 6.04. The molecule has 0 aromatic heterocycles. The molecule has 0 amide bonds. The first-order valence-electron chi connectivity index (χ1n) is 6.12. The molecule has 1 N–H and O–H groups in total. The molecule has 1 aromatic rings. The van der Waals surface area contributed by atoms with E-state index in [4.69, 9.17) is 0 Å². The lowest BCUT2D eigenvalue weighted by molar-refractivity contribution is 0.0795. The van der Waals surface area contributed by atoms with Gasteiger partial charge >= 0.3 is 0 Å². The number of carbonyl (C=O) groups excluding carboxylic acids is 1. The molecule has 0 heterocycles. The quantitative estimate of drug-likeness (QED) is 0.779. The second kappa shape index (κ2) is 3.42. The number of benzene rings is 1. The molecule has 2 aliphatic rings. The second-order valence-electron chi connectivity index (χ2n) is 4.93. The maximum Gasteiger partial charge on any atom is 0.168 e. The fraction of sp³-hybridized carbons (Fsp3) is 0.500. The molecule has 1 saturated carbocycles. The van der Waals surface area contributed by atoms with Crippen LogP contribution >= 0.6 is 0 Å². The molecular weight excluding hydrogens is 198 g/mol. The van der Waals surface area contributed by atoms with Crippen LogP contribution in [0, 0.1) is 5.92 Å². The van der Waals surface area contributed by atoms with Gasteiger partial charge in [0.1, 0.15) is 0 Å². The van der Waals surface area contributed by atoms with Crippen LogP contribution in [-0.2, 0) is 5.54 Å². The van der Waals surface area contributed by atoms with Crippen molar-refractivity contribution in [2.24, 2.45) is 5.92 Å². The Morgan fingerprint density at radius 1 is 1.31 bits per heavy atom. The molecular formula is C14H17NO. The lowest BCUT2D eigenvalue weighted by atomic mass is 9.72. The summed E-state index contributed by atoms with van der Waals surface area (Å²) in [6.07, 6.45) is 4.54. The van der Waals surface area contributed by atoms with Crippen molar-refractivity contribution in [1.82, 2.24) is 5.32 Å². The van der Waals surface area contributed by atoms with Gasteiger partial charge in [0, 0.05) is 11.5 Å². The second-order valence-corrected chi connectivity index (χ2v) is 4.93. The van der Waals surface area contributed by atoms with Crippen LogP contribution in [0.25, 0.3) is 0 Å². The first-order valence-corrected chi connectivity index (χ1v) is 6.12. The van der Waals surface area contributed by atoms with Gasteiger partial charge in [0.25, 0.3) is 0 Å². The van der Waals surface area contributed by atoms with Gasteiger partial charge in [0.05, 0.1) is 5.54 Å². The van der Waals surface area contributed by atoms with Crippen molar-refractivity contribution in [3.05, 3.63) is 35.4 Å². The highest BCUT2D eigenvalue weighted by Crippen LogP contribution is 2.49. The number of ketones is 1. The van der Waals surface area contributed by atoms with Gasteiger partial charge in [-0.3, -0.25) is 4.79 Å². The summed E-state index contributed by atoms with van der Waals surface area (Å²) in [4.78, 5) is 12.4. The minimum Gasteiger partial charge on any atom is -0.310 e. The number of Topliss-reactive ketones (excluding diaryl/α,β-unsaturated/α-hetero) is 1. The van der Waals surface area contributed by atoms with Crippen molar-refractivity contribution in [2.75, 3.05) is 7.05 Å². The van der Waals surface area contributed by atoms with E-state index >= 15 is 0 Å². The summed E-state index contributed by atoms with van der Waals surface area (Å²) in [6, 6.07) is 8.11. The zero-order valence-electron chi connectivity index (χ0n) is 9.62. The van der Waals surface area contributed by atoms with Crippen molar-refractivity contribution in [1.29, 1.82) is 0 Å². The van der Waals surface area contributed by atoms with E-state index in [2.05, 4.69) is 11.4 Å². The molecule has 16 heavy (non-hydrogen) atoms. The number of nitrogens with one attached hydrogen (secondary N) is 1. The molecule has 1 aromatic carbocycles. The third kappa shape index (κ3) is 1.08. The van der Waals surface area contributed by atoms with Crippen LogP contribution in [0.5, 0.6) is 0 Å². The summed E-state index contributed by atoms with van der Waals surface area (Å²) in [5, 5.41) is 3.45. The zero-order valence-corrected chi connectivity index (χ0v) is 9.62. The van der Waals surface area contributed by atoms with Gasteiger partial charge in [0.2, 0.25) is 0 Å². The van der Waals surface area contributed by atoms with Crippen LogP contribution in [0.3, 0.4) is 0 Å². The minimum absolute atomic E-state index is 0.0636. The third-order valence-corrected chi connectivity index (χ3v) is 4.34. The van der Waals surface area contributed by atoms with E-state index in [1.54, 1.807) is 0 Å². The van der Waals surface area contributed by atoms with Crippen molar-refractivity contribution < 1.29 is 4.79 Å². The fourth-order valence-corrected chi connectivity index (χ4v) is 3.56. The van der Waals surface area contributed by atoms with E-state index in [0.717, 1.165) is 18.4 Å². The van der Waals surface area contributed by atoms with Crippen LogP contribution in [0.15, 0.2) is 24.3 Å². The van der Waals surface area contributed by atoms with E-state index < -0.39 is 0 Å². The van der Waals surface area contributed by atoms with E-state index in [-0.39, 0.29) is 11.5 Å². The number of carbonyl (C=O) groups is 1. The molecule has 84 valence electrons. The number of fused-ring (bicyclic) bond motifs is 3. The van der Waals surface area contributed by atoms with Crippen LogP contribution in [0.1, 0.15) is 41.6 Å². The Balaban J connectivity index is 2.20. The Kier molecular flexibility index (Phi) is 2.15. The van der Waals surface area contributed by atoms with Gasteiger partial charge < -0.3 is 5.32 Å². The Morgan fingerprint density at radius 2 is 2.12 bits per heavy atom. The van der Waals surface area contributed by atoms with Crippen molar-refractivity contribution >= 4 is 5.78 Å². The SMILES string of the molecule is CNC12CCCCC1C(=O)c1ccccc12. The van der Waals surface area contributed by atoms with E-state index in [9.17, 15) is 4.79 Å². The summed E-state index contributed by atoms with van der Waals surface area (Å²) in [6.45, 7) is 0. The molecule has 2 atom stereocenters. The highest BCUT2D eigenvalue weighted by atomic mass is 16.1. The molecule has 2 nitrogen and oxygen atoms in total. The average Bonchev–Trinajstić information content (AvgIpc) is 2.62. The summed E-state index contributed by atoms with van der Waals surface area (Å²) < 4.78 is 0. The molecule has 0 saturated heterocycles. The van der Waals surface area contributed by atoms with Crippen LogP contribution in [0.4, 0.5) is 0 Å². The predicted molar refractivity (Wildman–Crippen MR) is 63.5 cm³/mol. The Labute approximate surface area is 96.1 Å². The first kappa shape index (κ1) is 10.0. The summed E-state index contributed by atoms with van der Waals surface area (Å²) in [5.41, 5.74) is 2.11. The smallest absolute Gasteiger partial charge is 0.168 e. The van der Waals surface area contributed by atoms with Gasteiger partial charge in [-0.1, -0.05) is 37.1 Å². The lowest BCUT2D eigenvalue weighted by Crippen LogP contribution is -2.47. The van der Waals surface area contributed by atoms with Gasteiger partial charge in [0.15, 0.2) is 5.78 Å². The minimum atomic E-state index is -0.0636. The van der Waals surface area contributed by atoms with Crippen LogP contribution in [-0.4, -0.2) is 12.8 Å². The Morgan fingerprint density at radius 3 is 2.94 bits per heavy atom. The molecule has 0 spiro atoms. The highest BCUT2D eigenvalue weighted by Gasteiger charge is 2.51. The van der Waals surface area contributed by atoms with Gasteiger partial charge in [-0.2, -0.15) is 0 Å². The number of hydrogen-bond donors (Lipinski definition) is 1. The van der Waals surface area contributed by atoms with E-state index in [0.29, 0.717) is 5.78 Å². The van der Waals surface area contributed by atoms with Crippen LogP contribution < -0.4 is 5.32 Å². The maximum absolute atomic E-state index is 12.4. The molecule has 1 fully saturated rings. The monoisotopic (exact) mass is 215 g/mol. The van der Waals surface area contributed by atoms with Crippen molar-refractivity contribution in [3.63, 3.8) is 0 Å². The van der Waals surface area contributed by atoms with Gasteiger partial charge in [-0.05, 0) is 25.5 Å². The summed E-state index contributed by atoms with van der Waals surface area (Å²) in [7, 11) is 1.99. The summed E-state index contributed by atoms with van der Waals surface area (Å²) >= 11 is 0. The fourth-order valence-electron chi connectivity index (χ4n) is 3.56. The maximum atomic E-state index is 12.4. The normalized spacial score (nSPS) is 32.3. The molecule has 0 bridgehead atoms. The third-order valence-electron chi connectivity index (χ3n) is 4.34. The largest absolute Gasteiger partial charge is 0.310 e. The molecule has 3 rings (SSSR count). The Hall–Kier alpha value is -1.15. The molecule has 2 unspecified atom stereocenters. The van der Waals surface area contributed by atoms with E-state index in [1.807, 2.05) is 25.2 Å². The molecule has 0 aliphatic heterocycles. The molecule has 2 heteroatoms. The van der Waals surface area contributed by atoms with Crippen LogP contribution in [0.2, 0.25) is 0 Å². The van der Waals surface area contributed by atoms with E-state index in [1.165, 1.54) is 18.4 Å². The first-order chi connectivity index (χ1) is 7.79. The van der Waals surface area contributed by atoms with Crippen molar-refractivity contribution in [3.8, 4) is 0 Å². The van der Waals surface area contributed by atoms with Crippen molar-refractivity contribution in [2.45, 2.75) is 31.2 Å². The topological polar surface area (TPSA) is 29.1 Å². The average molecular weight is 215 g/mol. The predicted octanol–water partition coefficient (Wildman–Crippen LogP) is 2.49. The Bertz CT molecular complexity index is 440. The van der Waals surface area contributed by atoms with Gasteiger partial charge in [-0.25, -0.2) is 0 Å². The standard InChI is InChI=1S/C14H17NO/c1-15-14-9-5-4-8-12(14)13(16)10-6-2-3-7-11(10)14/h2-3,6-7,12,15H,4-5,8-9H2,1H3. The molecule has 0 radical (unpaired) electrons. The van der Waals surface area contributed by atoms with Gasteiger partial charge in [-0.15, -0.1) is 0 Å². The summed E-state index contributed by atoms with van der Waals surface area (Å²) in [5.74, 6) is 0.522.